The van der Waals surface area contributed by atoms with Crippen molar-refractivity contribution in [3.8, 4) is 22.6 Å². The molecular formula is C25H21F3N2O7. The third kappa shape index (κ3) is 5.92. The van der Waals surface area contributed by atoms with Gasteiger partial charge in [-0.25, -0.2) is 0 Å². The van der Waals surface area contributed by atoms with E-state index in [-0.39, 0.29) is 31.9 Å². The largest absolute Gasteiger partial charge is 0.573 e. The maximum Gasteiger partial charge on any atom is 0.573 e. The predicted molar refractivity (Wildman–Crippen MR) is 123 cm³/mol. The summed E-state index contributed by atoms with van der Waals surface area (Å²) in [6, 6.07) is 12.3. The number of amides is 1. The van der Waals surface area contributed by atoms with E-state index in [1.165, 1.54) is 28.8 Å². The summed E-state index contributed by atoms with van der Waals surface area (Å²) in [5, 5.41) is 21.6. The molecule has 1 amide bonds. The fourth-order valence-electron chi connectivity index (χ4n) is 4.03. The Hall–Kier alpha value is -4.32. The van der Waals surface area contributed by atoms with Crippen molar-refractivity contribution in [1.82, 2.24) is 9.88 Å². The van der Waals surface area contributed by atoms with Crippen molar-refractivity contribution >= 4 is 11.9 Å². The first-order valence-electron chi connectivity index (χ1n) is 11.0. The first-order chi connectivity index (χ1) is 17.5. The lowest BCUT2D eigenvalue weighted by Gasteiger charge is -2.24. The summed E-state index contributed by atoms with van der Waals surface area (Å²) in [5.41, 5.74) is 1.47. The molecular weight excluding hydrogens is 497 g/mol. The van der Waals surface area contributed by atoms with Crippen LogP contribution in [-0.4, -0.2) is 46.2 Å². The van der Waals surface area contributed by atoms with Gasteiger partial charge in [0.25, 0.3) is 11.5 Å². The third-order valence-corrected chi connectivity index (χ3v) is 5.73. The minimum Gasteiger partial charge on any atom is -0.507 e. The Kier molecular flexibility index (Phi) is 7.21. The van der Waals surface area contributed by atoms with E-state index in [1.807, 2.05) is 0 Å². The van der Waals surface area contributed by atoms with E-state index in [0.29, 0.717) is 27.9 Å². The monoisotopic (exact) mass is 518 g/mol. The number of nitrogens with one attached hydrogen (secondary N) is 1. The standard InChI is InChI=1S/C25H21F3N2O7/c26-25(27,28)37-17-7-5-16(6-8-17)15-3-1-14(2-4-15)12-30-19-13-36-10-9-18(19)22(33)21(24(30)35)23(34)29-11-20(31)32/h1-8,33H,9-13H2,(H,29,34)(H,31,32). The van der Waals surface area contributed by atoms with Crippen molar-refractivity contribution in [3.05, 3.63) is 81.3 Å². The molecule has 0 saturated heterocycles. The molecule has 0 atom stereocenters. The molecule has 1 aromatic heterocycles. The first-order valence-corrected chi connectivity index (χ1v) is 11.0. The number of fused-ring (bicyclic) bond motifs is 1. The zero-order valence-electron chi connectivity index (χ0n) is 19.2. The number of alkyl halides is 3. The van der Waals surface area contributed by atoms with Gasteiger partial charge in [0.2, 0.25) is 0 Å². The second kappa shape index (κ2) is 10.3. The summed E-state index contributed by atoms with van der Waals surface area (Å²) >= 11 is 0. The highest BCUT2D eigenvalue weighted by molar-refractivity contribution is 5.98. The second-order valence-corrected chi connectivity index (χ2v) is 8.19. The van der Waals surface area contributed by atoms with Crippen LogP contribution in [-0.2, 0) is 29.1 Å². The molecule has 2 heterocycles. The Morgan fingerprint density at radius 2 is 1.68 bits per heavy atom. The molecule has 3 N–H and O–H groups in total. The fourth-order valence-corrected chi connectivity index (χ4v) is 4.03. The Labute approximate surface area is 207 Å². The van der Waals surface area contributed by atoms with Gasteiger partial charge >= 0.3 is 12.3 Å². The number of carbonyl (C=O) groups is 2. The van der Waals surface area contributed by atoms with Gasteiger partial charge in [0.1, 0.15) is 23.6 Å². The molecule has 1 aliphatic heterocycles. The van der Waals surface area contributed by atoms with E-state index in [4.69, 9.17) is 9.84 Å². The molecule has 1 aliphatic rings. The summed E-state index contributed by atoms with van der Waals surface area (Å²) < 4.78 is 47.7. The Morgan fingerprint density at radius 1 is 1.05 bits per heavy atom. The average Bonchev–Trinajstić information content (AvgIpc) is 2.85. The van der Waals surface area contributed by atoms with Crippen LogP contribution in [0.15, 0.2) is 53.3 Å². The number of hydrogen-bond acceptors (Lipinski definition) is 6. The maximum atomic E-state index is 13.2. The minimum absolute atomic E-state index is 0.0304. The fraction of sp³-hybridized carbons (Fsp3) is 0.240. The molecule has 0 spiro atoms. The quantitative estimate of drug-likeness (QED) is 0.439. The number of carboxylic acid groups (broad SMARTS) is 1. The number of benzene rings is 2. The second-order valence-electron chi connectivity index (χ2n) is 8.19. The van der Waals surface area contributed by atoms with Crippen LogP contribution in [0, 0.1) is 0 Å². The molecule has 37 heavy (non-hydrogen) atoms. The van der Waals surface area contributed by atoms with Crippen LogP contribution in [0.2, 0.25) is 0 Å². The SMILES string of the molecule is O=C(O)CNC(=O)c1c(O)c2c(n(Cc3ccc(-c4ccc(OC(F)(F)F)cc4)cc3)c1=O)COCC2. The number of nitrogens with zero attached hydrogens (tertiary/aromatic N) is 1. The summed E-state index contributed by atoms with van der Waals surface area (Å²) in [5.74, 6) is -3.13. The number of rotatable bonds is 7. The summed E-state index contributed by atoms with van der Waals surface area (Å²) in [4.78, 5) is 36.6. The first kappa shape index (κ1) is 25.8. The molecule has 9 nitrogen and oxygen atoms in total. The predicted octanol–water partition coefficient (Wildman–Crippen LogP) is 3.05. The van der Waals surface area contributed by atoms with Crippen LogP contribution in [0.1, 0.15) is 27.2 Å². The number of aromatic hydroxyl groups is 1. The van der Waals surface area contributed by atoms with E-state index in [2.05, 4.69) is 10.1 Å². The van der Waals surface area contributed by atoms with Crippen LogP contribution in [0.3, 0.4) is 0 Å². The van der Waals surface area contributed by atoms with Gasteiger partial charge in [-0.05, 0) is 28.8 Å². The van der Waals surface area contributed by atoms with Crippen molar-refractivity contribution in [1.29, 1.82) is 0 Å². The van der Waals surface area contributed by atoms with Crippen LogP contribution < -0.4 is 15.6 Å². The highest BCUT2D eigenvalue weighted by Crippen LogP contribution is 2.29. The molecule has 194 valence electrons. The number of carboxylic acids is 1. The van der Waals surface area contributed by atoms with Crippen molar-refractivity contribution in [2.75, 3.05) is 13.2 Å². The van der Waals surface area contributed by atoms with Gasteiger partial charge in [0, 0.05) is 12.0 Å². The summed E-state index contributed by atoms with van der Waals surface area (Å²) in [7, 11) is 0. The van der Waals surface area contributed by atoms with Crippen molar-refractivity contribution < 1.29 is 42.4 Å². The average molecular weight is 518 g/mol. The van der Waals surface area contributed by atoms with E-state index in [1.54, 1.807) is 24.3 Å². The molecule has 0 aliphatic carbocycles. The molecule has 3 aromatic rings. The van der Waals surface area contributed by atoms with Crippen molar-refractivity contribution in [2.45, 2.75) is 25.9 Å². The lowest BCUT2D eigenvalue weighted by atomic mass is 10.0. The number of aromatic nitrogens is 1. The van der Waals surface area contributed by atoms with E-state index in [0.717, 1.165) is 0 Å². The third-order valence-electron chi connectivity index (χ3n) is 5.73. The Morgan fingerprint density at radius 3 is 2.27 bits per heavy atom. The Balaban J connectivity index is 1.62. The van der Waals surface area contributed by atoms with Gasteiger partial charge in [-0.3, -0.25) is 14.4 Å². The van der Waals surface area contributed by atoms with Crippen LogP contribution in [0.5, 0.6) is 11.5 Å². The van der Waals surface area contributed by atoms with E-state index in [9.17, 15) is 32.7 Å². The lowest BCUT2D eigenvalue weighted by Crippen LogP contribution is -2.38. The molecule has 12 heteroatoms. The highest BCUT2D eigenvalue weighted by Gasteiger charge is 2.31. The van der Waals surface area contributed by atoms with Gasteiger partial charge in [0.15, 0.2) is 0 Å². The van der Waals surface area contributed by atoms with Gasteiger partial charge in [-0.2, -0.15) is 0 Å². The zero-order chi connectivity index (χ0) is 26.7. The van der Waals surface area contributed by atoms with Crippen LogP contribution in [0.4, 0.5) is 13.2 Å². The van der Waals surface area contributed by atoms with E-state index >= 15 is 0 Å². The van der Waals surface area contributed by atoms with Gasteiger partial charge in [-0.1, -0.05) is 36.4 Å². The Bertz CT molecular complexity index is 1380. The van der Waals surface area contributed by atoms with Gasteiger partial charge in [0.05, 0.1) is 25.5 Å². The molecule has 2 aromatic carbocycles. The highest BCUT2D eigenvalue weighted by atomic mass is 19.4. The van der Waals surface area contributed by atoms with E-state index < -0.39 is 41.7 Å². The maximum absolute atomic E-state index is 13.2. The topological polar surface area (TPSA) is 127 Å². The molecule has 0 bridgehead atoms. The van der Waals surface area contributed by atoms with Gasteiger partial charge < -0.3 is 29.6 Å². The lowest BCUT2D eigenvalue weighted by molar-refractivity contribution is -0.274. The molecule has 0 unspecified atom stereocenters. The molecule has 0 fully saturated rings. The summed E-state index contributed by atoms with van der Waals surface area (Å²) in [6.45, 7) is -0.374. The number of pyridine rings is 1. The molecule has 0 saturated carbocycles. The number of carbonyl (C=O) groups excluding carboxylic acids is 1. The van der Waals surface area contributed by atoms with Crippen LogP contribution >= 0.6 is 0 Å². The number of ether oxygens (including phenoxy) is 2. The normalized spacial score (nSPS) is 13.1. The van der Waals surface area contributed by atoms with Crippen molar-refractivity contribution in [2.24, 2.45) is 0 Å². The number of halogens is 3. The van der Waals surface area contributed by atoms with Crippen molar-refractivity contribution in [3.63, 3.8) is 0 Å². The summed E-state index contributed by atoms with van der Waals surface area (Å²) in [6.07, 6.45) is -4.52. The molecule has 0 radical (unpaired) electrons. The zero-order valence-corrected chi connectivity index (χ0v) is 19.2. The number of aliphatic carboxylic acids is 1. The number of hydrogen-bond donors (Lipinski definition) is 3. The minimum atomic E-state index is -4.78. The van der Waals surface area contributed by atoms with Crippen LogP contribution in [0.25, 0.3) is 11.1 Å². The smallest absolute Gasteiger partial charge is 0.507 e. The molecule has 4 rings (SSSR count). The van der Waals surface area contributed by atoms with Gasteiger partial charge in [-0.15, -0.1) is 13.2 Å².